The van der Waals surface area contributed by atoms with Gasteiger partial charge in [0.1, 0.15) is 11.6 Å². The maximum absolute atomic E-state index is 5.53. The molecular formula is C21H31ClN6O. The lowest BCUT2D eigenvalue weighted by atomic mass is 9.95. The second-order valence-electron chi connectivity index (χ2n) is 8.08. The minimum Gasteiger partial charge on any atom is -0.378 e. The van der Waals surface area contributed by atoms with Crippen molar-refractivity contribution in [1.29, 1.82) is 0 Å². The second-order valence-corrected chi connectivity index (χ2v) is 8.08. The van der Waals surface area contributed by atoms with Gasteiger partial charge < -0.3 is 19.5 Å². The first kappa shape index (κ1) is 20.6. The zero-order valence-corrected chi connectivity index (χ0v) is 17.7. The highest BCUT2D eigenvalue weighted by molar-refractivity contribution is 5.85. The predicted molar refractivity (Wildman–Crippen MR) is 116 cm³/mol. The molecule has 5 rings (SSSR count). The molecule has 3 aliphatic rings. The van der Waals surface area contributed by atoms with Crippen molar-refractivity contribution in [2.24, 2.45) is 0 Å². The average molecular weight is 419 g/mol. The Balaban J connectivity index is 0.00000205. The van der Waals surface area contributed by atoms with E-state index in [-0.39, 0.29) is 12.4 Å². The van der Waals surface area contributed by atoms with Gasteiger partial charge in [-0.3, -0.25) is 4.90 Å². The molecule has 0 amide bonds. The van der Waals surface area contributed by atoms with E-state index in [9.17, 15) is 0 Å². The summed E-state index contributed by atoms with van der Waals surface area (Å²) in [4.78, 5) is 5.08. The topological polar surface area (TPSA) is 58.5 Å². The zero-order chi connectivity index (χ0) is 18.8. The van der Waals surface area contributed by atoms with E-state index in [1.165, 1.54) is 29.9 Å². The molecule has 0 spiro atoms. The molecule has 0 atom stereocenters. The van der Waals surface area contributed by atoms with Crippen LogP contribution in [-0.2, 0) is 24.4 Å². The molecule has 8 heteroatoms. The summed E-state index contributed by atoms with van der Waals surface area (Å²) in [6.07, 6.45) is 2.34. The molecule has 2 saturated heterocycles. The Morgan fingerprint density at radius 1 is 1.00 bits per heavy atom. The number of para-hydroxylation sites is 1. The van der Waals surface area contributed by atoms with Crippen LogP contribution >= 0.6 is 12.4 Å². The van der Waals surface area contributed by atoms with Crippen LogP contribution in [0.15, 0.2) is 24.3 Å². The highest BCUT2D eigenvalue weighted by Gasteiger charge is 2.27. The summed E-state index contributed by atoms with van der Waals surface area (Å²) in [5.41, 5.74) is 2.82. The van der Waals surface area contributed by atoms with Gasteiger partial charge in [0, 0.05) is 44.3 Å². The van der Waals surface area contributed by atoms with Gasteiger partial charge >= 0.3 is 0 Å². The molecule has 0 radical (unpaired) electrons. The summed E-state index contributed by atoms with van der Waals surface area (Å²) in [6, 6.07) is 8.88. The Hall–Kier alpha value is -1.67. The zero-order valence-electron chi connectivity index (χ0n) is 16.9. The molecule has 2 aromatic rings. The molecule has 0 bridgehead atoms. The number of rotatable bonds is 4. The molecule has 1 aromatic carbocycles. The molecule has 3 aliphatic heterocycles. The lowest BCUT2D eigenvalue weighted by Gasteiger charge is -2.34. The summed E-state index contributed by atoms with van der Waals surface area (Å²) in [7, 11) is 0. The standard InChI is InChI=1S/C21H30N6O.ClH/c1-2-4-19(26-11-13-28-14-12-26)18(3-1)16-25-8-5-17(6-9-25)21-24-23-20-15-22-7-10-27(20)21;/h1-4,17,22H,5-16H2;1H. The monoisotopic (exact) mass is 418 g/mol. The summed E-state index contributed by atoms with van der Waals surface area (Å²) in [5.74, 6) is 2.86. The van der Waals surface area contributed by atoms with Crippen LogP contribution in [0.1, 0.15) is 36.0 Å². The molecule has 0 unspecified atom stereocenters. The first-order valence-electron chi connectivity index (χ1n) is 10.6. The van der Waals surface area contributed by atoms with Gasteiger partial charge in [-0.05, 0) is 37.6 Å². The lowest BCUT2D eigenvalue weighted by Crippen LogP contribution is -2.38. The molecule has 1 N–H and O–H groups in total. The van der Waals surface area contributed by atoms with Crippen LogP contribution in [0.3, 0.4) is 0 Å². The highest BCUT2D eigenvalue weighted by Crippen LogP contribution is 2.30. The summed E-state index contributed by atoms with van der Waals surface area (Å²) < 4.78 is 7.88. The van der Waals surface area contributed by atoms with Gasteiger partial charge in [0.05, 0.1) is 19.8 Å². The normalized spacial score (nSPS) is 20.9. The summed E-state index contributed by atoms with van der Waals surface area (Å²) in [5, 5.41) is 12.3. The van der Waals surface area contributed by atoms with Crippen molar-refractivity contribution in [2.45, 2.75) is 38.4 Å². The number of fused-ring (bicyclic) bond motifs is 1. The predicted octanol–water partition coefficient (Wildman–Crippen LogP) is 2.02. The van der Waals surface area contributed by atoms with Gasteiger partial charge in [-0.25, -0.2) is 0 Å². The van der Waals surface area contributed by atoms with Crippen LogP contribution in [0.4, 0.5) is 5.69 Å². The van der Waals surface area contributed by atoms with Crippen molar-refractivity contribution in [1.82, 2.24) is 25.0 Å². The van der Waals surface area contributed by atoms with Crippen molar-refractivity contribution in [2.75, 3.05) is 50.8 Å². The SMILES string of the molecule is Cl.c1ccc(N2CCOCC2)c(CN2CCC(c3nnc4n3CCNC4)CC2)c1. The number of morpholine rings is 1. The molecule has 1 aromatic heterocycles. The van der Waals surface area contributed by atoms with E-state index in [1.54, 1.807) is 0 Å². The Labute approximate surface area is 178 Å². The number of hydrogen-bond donors (Lipinski definition) is 1. The van der Waals surface area contributed by atoms with Crippen molar-refractivity contribution in [3.05, 3.63) is 41.5 Å². The molecule has 4 heterocycles. The number of hydrogen-bond acceptors (Lipinski definition) is 6. The molecular weight excluding hydrogens is 388 g/mol. The quantitative estimate of drug-likeness (QED) is 0.819. The Morgan fingerprint density at radius 2 is 1.79 bits per heavy atom. The fourth-order valence-electron chi connectivity index (χ4n) is 4.76. The number of benzene rings is 1. The van der Waals surface area contributed by atoms with Crippen LogP contribution in [-0.4, -0.2) is 65.6 Å². The minimum atomic E-state index is 0. The second kappa shape index (κ2) is 9.43. The molecule has 29 heavy (non-hydrogen) atoms. The van der Waals surface area contributed by atoms with Gasteiger partial charge in [0.2, 0.25) is 0 Å². The maximum atomic E-state index is 5.53. The van der Waals surface area contributed by atoms with Crippen LogP contribution in [0, 0.1) is 0 Å². The van der Waals surface area contributed by atoms with E-state index < -0.39 is 0 Å². The number of piperidine rings is 1. The molecule has 2 fully saturated rings. The maximum Gasteiger partial charge on any atom is 0.147 e. The van der Waals surface area contributed by atoms with Gasteiger partial charge in [-0.2, -0.15) is 0 Å². The third kappa shape index (κ3) is 4.43. The summed E-state index contributed by atoms with van der Waals surface area (Å²) in [6.45, 7) is 9.81. The molecule has 0 saturated carbocycles. The van der Waals surface area contributed by atoms with Gasteiger partial charge in [-0.15, -0.1) is 22.6 Å². The van der Waals surface area contributed by atoms with E-state index in [2.05, 4.69) is 54.1 Å². The van der Waals surface area contributed by atoms with Gasteiger partial charge in [0.25, 0.3) is 0 Å². The number of anilines is 1. The Morgan fingerprint density at radius 3 is 2.62 bits per heavy atom. The lowest BCUT2D eigenvalue weighted by molar-refractivity contribution is 0.122. The smallest absolute Gasteiger partial charge is 0.147 e. The first-order chi connectivity index (χ1) is 13.9. The van der Waals surface area contributed by atoms with E-state index >= 15 is 0 Å². The number of likely N-dealkylation sites (tertiary alicyclic amines) is 1. The number of ether oxygens (including phenoxy) is 1. The van der Waals surface area contributed by atoms with Crippen molar-refractivity contribution >= 4 is 18.1 Å². The number of aromatic nitrogens is 3. The molecule has 0 aliphatic carbocycles. The van der Waals surface area contributed by atoms with Crippen molar-refractivity contribution < 1.29 is 4.74 Å². The third-order valence-corrected chi connectivity index (χ3v) is 6.34. The van der Waals surface area contributed by atoms with Gasteiger partial charge in [-0.1, -0.05) is 18.2 Å². The average Bonchev–Trinajstić information content (AvgIpc) is 3.20. The van der Waals surface area contributed by atoms with E-state index in [0.717, 1.165) is 71.4 Å². The van der Waals surface area contributed by atoms with Crippen molar-refractivity contribution in [3.8, 4) is 0 Å². The van der Waals surface area contributed by atoms with E-state index in [0.29, 0.717) is 5.92 Å². The van der Waals surface area contributed by atoms with Gasteiger partial charge in [0.15, 0.2) is 0 Å². The highest BCUT2D eigenvalue weighted by atomic mass is 35.5. The summed E-state index contributed by atoms with van der Waals surface area (Å²) >= 11 is 0. The van der Waals surface area contributed by atoms with Crippen LogP contribution in [0.2, 0.25) is 0 Å². The van der Waals surface area contributed by atoms with E-state index in [4.69, 9.17) is 4.74 Å². The largest absolute Gasteiger partial charge is 0.378 e. The Kier molecular flexibility index (Phi) is 6.70. The van der Waals surface area contributed by atoms with E-state index in [1.807, 2.05) is 0 Å². The van der Waals surface area contributed by atoms with Crippen LogP contribution in [0.5, 0.6) is 0 Å². The number of halogens is 1. The van der Waals surface area contributed by atoms with Crippen molar-refractivity contribution in [3.63, 3.8) is 0 Å². The third-order valence-electron chi connectivity index (χ3n) is 6.34. The fraction of sp³-hybridized carbons (Fsp3) is 0.619. The Bertz CT molecular complexity index is 798. The fourth-order valence-corrected chi connectivity index (χ4v) is 4.76. The number of nitrogens with zero attached hydrogens (tertiary/aromatic N) is 5. The molecule has 158 valence electrons. The number of nitrogens with one attached hydrogen (secondary N) is 1. The van der Waals surface area contributed by atoms with Crippen LogP contribution in [0.25, 0.3) is 0 Å². The van der Waals surface area contributed by atoms with Crippen LogP contribution < -0.4 is 10.2 Å². The molecule has 7 nitrogen and oxygen atoms in total. The minimum absolute atomic E-state index is 0. The first-order valence-corrected chi connectivity index (χ1v) is 10.6.